The fourth-order valence-electron chi connectivity index (χ4n) is 0.732. The number of hydrogen-bond acceptors (Lipinski definition) is 5. The number of nitrogens with two attached hydrogens (primary N) is 1. The number of hydrazine groups is 1. The van der Waals surface area contributed by atoms with Crippen molar-refractivity contribution in [2.45, 2.75) is 0 Å². The molecule has 0 saturated heterocycles. The van der Waals surface area contributed by atoms with Crippen LogP contribution in [-0.2, 0) is 4.94 Å². The van der Waals surface area contributed by atoms with Gasteiger partial charge < -0.3 is 0 Å². The standard InChI is InChI=1S/C6H6FN3O3/c7-5-2-1-3-6(4-5)9(8)13-10(11)12/h1-4H,8H2. The summed E-state index contributed by atoms with van der Waals surface area (Å²) in [5.74, 6) is 4.51. The quantitative estimate of drug-likeness (QED) is 0.426. The minimum absolute atomic E-state index is 0.0525. The average molecular weight is 187 g/mol. The van der Waals surface area contributed by atoms with Crippen LogP contribution in [0, 0.1) is 15.9 Å². The van der Waals surface area contributed by atoms with Crippen molar-refractivity contribution < 1.29 is 14.4 Å². The molecule has 0 amide bonds. The van der Waals surface area contributed by atoms with Gasteiger partial charge in [0, 0.05) is 6.07 Å². The highest BCUT2D eigenvalue weighted by Crippen LogP contribution is 2.12. The lowest BCUT2D eigenvalue weighted by Gasteiger charge is -2.13. The molecule has 0 atom stereocenters. The molecule has 0 aromatic heterocycles. The molecule has 6 nitrogen and oxygen atoms in total. The van der Waals surface area contributed by atoms with Gasteiger partial charge in [0.2, 0.25) is 0 Å². The van der Waals surface area contributed by atoms with Crippen molar-refractivity contribution in [3.05, 3.63) is 40.2 Å². The van der Waals surface area contributed by atoms with Crippen molar-refractivity contribution in [3.8, 4) is 0 Å². The van der Waals surface area contributed by atoms with E-state index in [1.165, 1.54) is 18.2 Å². The largest absolute Gasteiger partial charge is 0.318 e. The highest BCUT2D eigenvalue weighted by Gasteiger charge is 2.06. The van der Waals surface area contributed by atoms with Crippen molar-refractivity contribution in [2.75, 3.05) is 5.17 Å². The van der Waals surface area contributed by atoms with Gasteiger partial charge in [-0.05, 0) is 12.1 Å². The summed E-state index contributed by atoms with van der Waals surface area (Å²) in [6.45, 7) is 0. The molecule has 1 aromatic rings. The lowest BCUT2D eigenvalue weighted by atomic mass is 10.3. The predicted octanol–water partition coefficient (Wildman–Crippen LogP) is 0.629. The number of benzene rings is 1. The first-order valence-corrected chi connectivity index (χ1v) is 3.22. The van der Waals surface area contributed by atoms with Crippen LogP contribution >= 0.6 is 0 Å². The Hall–Kier alpha value is -1.89. The molecule has 70 valence electrons. The van der Waals surface area contributed by atoms with Crippen LogP contribution in [0.15, 0.2) is 24.3 Å². The first kappa shape index (κ1) is 9.20. The third kappa shape index (κ3) is 2.56. The lowest BCUT2D eigenvalue weighted by molar-refractivity contribution is -0.762. The summed E-state index contributed by atoms with van der Waals surface area (Å²) in [7, 11) is 0. The van der Waals surface area contributed by atoms with Gasteiger partial charge >= 0.3 is 5.09 Å². The zero-order valence-electron chi connectivity index (χ0n) is 6.38. The molecule has 7 heteroatoms. The summed E-state index contributed by atoms with van der Waals surface area (Å²) < 4.78 is 12.6. The minimum atomic E-state index is -1.09. The van der Waals surface area contributed by atoms with E-state index in [2.05, 4.69) is 4.94 Å². The smallest absolute Gasteiger partial charge is 0.223 e. The van der Waals surface area contributed by atoms with Crippen LogP contribution in [-0.4, -0.2) is 5.09 Å². The van der Waals surface area contributed by atoms with Crippen molar-refractivity contribution in [2.24, 2.45) is 5.84 Å². The Morgan fingerprint density at radius 3 is 2.85 bits per heavy atom. The van der Waals surface area contributed by atoms with Crippen LogP contribution in [0.1, 0.15) is 0 Å². The first-order valence-electron chi connectivity index (χ1n) is 3.22. The molecule has 0 aliphatic heterocycles. The molecule has 0 aliphatic rings. The molecule has 13 heavy (non-hydrogen) atoms. The Morgan fingerprint density at radius 2 is 2.31 bits per heavy atom. The first-order chi connectivity index (χ1) is 6.09. The van der Waals surface area contributed by atoms with Gasteiger partial charge in [-0.1, -0.05) is 6.07 Å². The third-order valence-electron chi connectivity index (χ3n) is 1.22. The van der Waals surface area contributed by atoms with Crippen molar-refractivity contribution in [3.63, 3.8) is 0 Å². The minimum Gasteiger partial charge on any atom is -0.223 e. The zero-order chi connectivity index (χ0) is 9.84. The number of nitrogens with zero attached hydrogens (tertiary/aromatic N) is 2. The topological polar surface area (TPSA) is 81.6 Å². The van der Waals surface area contributed by atoms with Crippen LogP contribution in [0.25, 0.3) is 0 Å². The molecule has 2 N–H and O–H groups in total. The van der Waals surface area contributed by atoms with Crippen LogP contribution < -0.4 is 11.0 Å². The van der Waals surface area contributed by atoms with Gasteiger partial charge in [-0.15, -0.1) is 15.3 Å². The van der Waals surface area contributed by atoms with Crippen molar-refractivity contribution in [1.82, 2.24) is 0 Å². The van der Waals surface area contributed by atoms with E-state index in [9.17, 15) is 14.5 Å². The number of rotatable bonds is 3. The zero-order valence-corrected chi connectivity index (χ0v) is 6.38. The Labute approximate surface area is 72.3 Å². The summed E-state index contributed by atoms with van der Waals surface area (Å²) in [6.07, 6.45) is 0. The Balaban J connectivity index is 2.76. The monoisotopic (exact) mass is 187 g/mol. The summed E-state index contributed by atoms with van der Waals surface area (Å²) >= 11 is 0. The molecule has 0 aliphatic carbocycles. The van der Waals surface area contributed by atoms with E-state index in [0.717, 1.165) is 6.07 Å². The highest BCUT2D eigenvalue weighted by atomic mass is 19.1. The molecule has 0 heterocycles. The molecule has 0 radical (unpaired) electrons. The second-order valence-corrected chi connectivity index (χ2v) is 2.11. The molecule has 0 fully saturated rings. The molecule has 0 unspecified atom stereocenters. The second kappa shape index (κ2) is 3.68. The molecule has 1 rings (SSSR count). The molecule has 1 aromatic carbocycles. The van der Waals surface area contributed by atoms with Crippen molar-refractivity contribution >= 4 is 5.69 Å². The Bertz CT molecular complexity index is 320. The molecular formula is C6H6FN3O3. The SMILES string of the molecule is NN(O[N+](=O)[O-])c1cccc(F)c1. The molecule has 0 saturated carbocycles. The maximum atomic E-state index is 12.6. The third-order valence-corrected chi connectivity index (χ3v) is 1.22. The summed E-state index contributed by atoms with van der Waals surface area (Å²) in [4.78, 5) is 13.7. The normalized spacial score (nSPS) is 9.38. The summed E-state index contributed by atoms with van der Waals surface area (Å²) in [5.41, 5.74) is 0.0525. The second-order valence-electron chi connectivity index (χ2n) is 2.11. The van der Waals surface area contributed by atoms with Crippen molar-refractivity contribution in [1.29, 1.82) is 0 Å². The van der Waals surface area contributed by atoms with Crippen LogP contribution in [0.3, 0.4) is 0 Å². The number of anilines is 1. The van der Waals surface area contributed by atoms with E-state index in [-0.39, 0.29) is 5.69 Å². The Morgan fingerprint density at radius 1 is 1.62 bits per heavy atom. The number of hydrogen-bond donors (Lipinski definition) is 1. The summed E-state index contributed by atoms with van der Waals surface area (Å²) in [6, 6.07) is 4.91. The fraction of sp³-hybridized carbons (Fsp3) is 0. The average Bonchev–Trinajstić information content (AvgIpc) is 2.03. The van der Waals surface area contributed by atoms with E-state index >= 15 is 0 Å². The number of halogens is 1. The molecular weight excluding hydrogens is 181 g/mol. The van der Waals surface area contributed by atoms with Gasteiger partial charge in [0.1, 0.15) is 5.82 Å². The van der Waals surface area contributed by atoms with Gasteiger partial charge in [-0.3, -0.25) is 0 Å². The summed E-state index contributed by atoms with van der Waals surface area (Å²) in [5, 5.41) is 9.11. The Kier molecular flexibility index (Phi) is 2.60. The predicted molar refractivity (Wildman–Crippen MR) is 41.1 cm³/mol. The lowest BCUT2D eigenvalue weighted by Crippen LogP contribution is -2.33. The van der Waals surface area contributed by atoms with Crippen LogP contribution in [0.5, 0.6) is 0 Å². The van der Waals surface area contributed by atoms with E-state index in [4.69, 9.17) is 5.84 Å². The highest BCUT2D eigenvalue weighted by molar-refractivity contribution is 5.42. The van der Waals surface area contributed by atoms with E-state index < -0.39 is 10.9 Å². The van der Waals surface area contributed by atoms with Gasteiger partial charge in [0.05, 0.1) is 5.69 Å². The molecule has 0 bridgehead atoms. The maximum absolute atomic E-state index is 12.6. The van der Waals surface area contributed by atoms with Gasteiger partial charge in [-0.25, -0.2) is 10.2 Å². The van der Waals surface area contributed by atoms with Crippen LogP contribution in [0.4, 0.5) is 10.1 Å². The van der Waals surface area contributed by atoms with Gasteiger partial charge in [-0.2, -0.15) is 4.94 Å². The maximum Gasteiger partial charge on any atom is 0.318 e. The van der Waals surface area contributed by atoms with E-state index in [0.29, 0.717) is 5.17 Å². The van der Waals surface area contributed by atoms with E-state index in [1.54, 1.807) is 0 Å². The van der Waals surface area contributed by atoms with Gasteiger partial charge in [0.15, 0.2) is 0 Å². The van der Waals surface area contributed by atoms with E-state index in [1.807, 2.05) is 0 Å². The fourth-order valence-corrected chi connectivity index (χ4v) is 0.732. The molecule has 0 spiro atoms. The van der Waals surface area contributed by atoms with Crippen LogP contribution in [0.2, 0.25) is 0 Å². The van der Waals surface area contributed by atoms with Gasteiger partial charge in [0.25, 0.3) is 0 Å².